The third-order valence-electron chi connectivity index (χ3n) is 2.65. The van der Waals surface area contributed by atoms with Crippen LogP contribution < -0.4 is 21.5 Å². The number of likely N-dealkylation sites (N-methyl/N-ethyl adjacent to an activating group) is 1. The first-order chi connectivity index (χ1) is 9.85. The van der Waals surface area contributed by atoms with Crippen molar-refractivity contribution in [3.05, 3.63) is 22.2 Å². The van der Waals surface area contributed by atoms with Crippen LogP contribution in [-0.2, 0) is 4.79 Å². The van der Waals surface area contributed by atoms with E-state index in [1.54, 1.807) is 7.05 Å². The Morgan fingerprint density at radius 1 is 1.52 bits per heavy atom. The Labute approximate surface area is 122 Å². The van der Waals surface area contributed by atoms with Crippen LogP contribution in [0, 0.1) is 16.0 Å². The lowest BCUT2D eigenvalue weighted by molar-refractivity contribution is -0.384. The Bertz CT molecular complexity index is 520. The molecule has 0 spiro atoms. The Balaban J connectivity index is 2.87. The number of nitrogen functional groups attached to an aromatic ring is 1. The standard InChI is InChI=1S/C12H20N6O3/c1-8(2)6-14-11(19)7-17(3)12-9(18(20)21)4-5-10(15-12)16-13/h4-5,8H,6-7,13H2,1-3H3,(H,14,19)(H,15,16). The summed E-state index contributed by atoms with van der Waals surface area (Å²) >= 11 is 0. The highest BCUT2D eigenvalue weighted by atomic mass is 16.6. The largest absolute Gasteiger partial charge is 0.354 e. The van der Waals surface area contributed by atoms with Gasteiger partial charge in [0.25, 0.3) is 0 Å². The van der Waals surface area contributed by atoms with Gasteiger partial charge in [0.05, 0.1) is 11.5 Å². The summed E-state index contributed by atoms with van der Waals surface area (Å²) in [5, 5.41) is 13.8. The van der Waals surface area contributed by atoms with Crippen molar-refractivity contribution in [2.75, 3.05) is 30.5 Å². The number of pyridine rings is 1. The number of nitrogens with one attached hydrogen (secondary N) is 2. The number of carbonyl (C=O) groups is 1. The number of hydrogen-bond donors (Lipinski definition) is 3. The molecule has 21 heavy (non-hydrogen) atoms. The van der Waals surface area contributed by atoms with E-state index >= 15 is 0 Å². The lowest BCUT2D eigenvalue weighted by Gasteiger charge is -2.18. The minimum Gasteiger partial charge on any atom is -0.354 e. The molecule has 0 aromatic carbocycles. The second-order valence-electron chi connectivity index (χ2n) is 4.99. The lowest BCUT2D eigenvalue weighted by atomic mass is 10.2. The third kappa shape index (κ3) is 4.88. The van der Waals surface area contributed by atoms with E-state index in [1.165, 1.54) is 17.0 Å². The van der Waals surface area contributed by atoms with E-state index in [-0.39, 0.29) is 29.8 Å². The number of carbonyl (C=O) groups excluding carboxylic acids is 1. The van der Waals surface area contributed by atoms with E-state index in [4.69, 9.17) is 5.84 Å². The first-order valence-electron chi connectivity index (χ1n) is 6.45. The van der Waals surface area contributed by atoms with Gasteiger partial charge in [-0.25, -0.2) is 10.8 Å². The van der Waals surface area contributed by atoms with Crippen LogP contribution in [0.2, 0.25) is 0 Å². The highest BCUT2D eigenvalue weighted by Crippen LogP contribution is 2.26. The molecule has 9 nitrogen and oxygen atoms in total. The number of hydrogen-bond acceptors (Lipinski definition) is 7. The average molecular weight is 296 g/mol. The zero-order valence-corrected chi connectivity index (χ0v) is 12.3. The Morgan fingerprint density at radius 2 is 2.19 bits per heavy atom. The summed E-state index contributed by atoms with van der Waals surface area (Å²) in [6, 6.07) is 2.69. The molecule has 0 aliphatic heterocycles. The predicted molar refractivity (Wildman–Crippen MR) is 79.8 cm³/mol. The van der Waals surface area contributed by atoms with Crippen molar-refractivity contribution in [2.24, 2.45) is 11.8 Å². The van der Waals surface area contributed by atoms with Gasteiger partial charge in [-0.15, -0.1) is 0 Å². The Hall–Kier alpha value is -2.42. The van der Waals surface area contributed by atoms with E-state index in [2.05, 4.69) is 15.7 Å². The van der Waals surface area contributed by atoms with Gasteiger partial charge < -0.3 is 15.6 Å². The van der Waals surface area contributed by atoms with Crippen LogP contribution in [-0.4, -0.2) is 36.0 Å². The molecular weight excluding hydrogens is 276 g/mol. The highest BCUT2D eigenvalue weighted by molar-refractivity contribution is 5.81. The van der Waals surface area contributed by atoms with E-state index in [0.29, 0.717) is 12.5 Å². The second kappa shape index (κ2) is 7.39. The van der Waals surface area contributed by atoms with E-state index < -0.39 is 4.92 Å². The van der Waals surface area contributed by atoms with E-state index in [0.717, 1.165) is 0 Å². The molecule has 0 saturated heterocycles. The summed E-state index contributed by atoms with van der Waals surface area (Å²) in [7, 11) is 1.56. The molecule has 116 valence electrons. The number of hydrazine groups is 1. The molecule has 9 heteroatoms. The van der Waals surface area contributed by atoms with Crippen molar-refractivity contribution < 1.29 is 9.72 Å². The SMILES string of the molecule is CC(C)CNC(=O)CN(C)c1nc(NN)ccc1[N+](=O)[O-]. The summed E-state index contributed by atoms with van der Waals surface area (Å²) in [5.74, 6) is 5.71. The number of nitrogens with zero attached hydrogens (tertiary/aromatic N) is 3. The molecular formula is C12H20N6O3. The number of nitro groups is 1. The average Bonchev–Trinajstić information content (AvgIpc) is 2.44. The van der Waals surface area contributed by atoms with Gasteiger partial charge in [-0.3, -0.25) is 14.9 Å². The highest BCUT2D eigenvalue weighted by Gasteiger charge is 2.21. The first-order valence-corrected chi connectivity index (χ1v) is 6.45. The minimum absolute atomic E-state index is 0.0332. The van der Waals surface area contributed by atoms with E-state index in [1.807, 2.05) is 13.8 Å². The summed E-state index contributed by atoms with van der Waals surface area (Å²) in [6.45, 7) is 4.47. The van der Waals surface area contributed by atoms with Gasteiger partial charge in [-0.2, -0.15) is 0 Å². The molecule has 1 aromatic rings. The van der Waals surface area contributed by atoms with Crippen molar-refractivity contribution in [2.45, 2.75) is 13.8 Å². The molecule has 0 atom stereocenters. The number of rotatable bonds is 7. The lowest BCUT2D eigenvalue weighted by Crippen LogP contribution is -2.37. The smallest absolute Gasteiger partial charge is 0.311 e. The summed E-state index contributed by atoms with van der Waals surface area (Å²) in [6.07, 6.45) is 0. The molecule has 0 saturated carbocycles. The summed E-state index contributed by atoms with van der Waals surface area (Å²) in [5.41, 5.74) is 2.13. The van der Waals surface area contributed by atoms with Crippen LogP contribution in [0.5, 0.6) is 0 Å². The molecule has 0 unspecified atom stereocenters. The molecule has 0 radical (unpaired) electrons. The Kier molecular flexibility index (Phi) is 5.85. The van der Waals surface area contributed by atoms with Crippen molar-refractivity contribution in [3.8, 4) is 0 Å². The quantitative estimate of drug-likeness (QED) is 0.379. The van der Waals surface area contributed by atoms with Crippen LogP contribution >= 0.6 is 0 Å². The number of aromatic nitrogens is 1. The van der Waals surface area contributed by atoms with Gasteiger partial charge in [0.1, 0.15) is 5.82 Å². The maximum Gasteiger partial charge on any atom is 0.311 e. The Morgan fingerprint density at radius 3 is 2.71 bits per heavy atom. The fourth-order valence-electron chi connectivity index (χ4n) is 1.61. The number of nitrogens with two attached hydrogens (primary N) is 1. The molecule has 1 aromatic heterocycles. The first kappa shape index (κ1) is 16.6. The van der Waals surface area contributed by atoms with Gasteiger partial charge in [-0.05, 0) is 12.0 Å². The fourth-order valence-corrected chi connectivity index (χ4v) is 1.61. The number of anilines is 2. The van der Waals surface area contributed by atoms with Crippen LogP contribution in [0.25, 0.3) is 0 Å². The van der Waals surface area contributed by atoms with Gasteiger partial charge in [0, 0.05) is 19.7 Å². The predicted octanol–water partition coefficient (Wildman–Crippen LogP) is 0.484. The van der Waals surface area contributed by atoms with Gasteiger partial charge in [0.2, 0.25) is 11.7 Å². The molecule has 0 fully saturated rings. The number of amides is 1. The fraction of sp³-hybridized carbons (Fsp3) is 0.500. The third-order valence-corrected chi connectivity index (χ3v) is 2.65. The molecule has 4 N–H and O–H groups in total. The van der Waals surface area contributed by atoms with Crippen LogP contribution in [0.15, 0.2) is 12.1 Å². The van der Waals surface area contributed by atoms with Crippen LogP contribution in [0.4, 0.5) is 17.3 Å². The summed E-state index contributed by atoms with van der Waals surface area (Å²) < 4.78 is 0. The van der Waals surface area contributed by atoms with Crippen molar-refractivity contribution in [1.82, 2.24) is 10.3 Å². The van der Waals surface area contributed by atoms with Crippen LogP contribution in [0.1, 0.15) is 13.8 Å². The molecule has 1 amide bonds. The monoisotopic (exact) mass is 296 g/mol. The van der Waals surface area contributed by atoms with Crippen molar-refractivity contribution in [1.29, 1.82) is 0 Å². The van der Waals surface area contributed by atoms with Gasteiger partial charge in [-0.1, -0.05) is 13.8 Å². The topological polar surface area (TPSA) is 126 Å². The molecule has 0 aliphatic carbocycles. The molecule has 1 rings (SSSR count). The maximum absolute atomic E-state index is 11.8. The zero-order valence-electron chi connectivity index (χ0n) is 12.3. The van der Waals surface area contributed by atoms with Gasteiger partial charge >= 0.3 is 5.69 Å². The molecule has 0 aliphatic rings. The summed E-state index contributed by atoms with van der Waals surface area (Å²) in [4.78, 5) is 27.7. The molecule has 0 bridgehead atoms. The second-order valence-corrected chi connectivity index (χ2v) is 4.99. The molecule has 1 heterocycles. The van der Waals surface area contributed by atoms with E-state index in [9.17, 15) is 14.9 Å². The van der Waals surface area contributed by atoms with Crippen molar-refractivity contribution >= 4 is 23.2 Å². The normalized spacial score (nSPS) is 10.3. The van der Waals surface area contributed by atoms with Gasteiger partial charge in [0.15, 0.2) is 0 Å². The van der Waals surface area contributed by atoms with Crippen molar-refractivity contribution in [3.63, 3.8) is 0 Å². The zero-order chi connectivity index (χ0) is 16.0. The minimum atomic E-state index is -0.550. The van der Waals surface area contributed by atoms with Crippen LogP contribution in [0.3, 0.4) is 0 Å². The maximum atomic E-state index is 11.8.